The summed E-state index contributed by atoms with van der Waals surface area (Å²) in [5.41, 5.74) is 5.77. The van der Waals surface area contributed by atoms with E-state index in [0.29, 0.717) is 13.0 Å². The van der Waals surface area contributed by atoms with Crippen molar-refractivity contribution in [3.8, 4) is 0 Å². The molecule has 2 aromatic rings. The summed E-state index contributed by atoms with van der Waals surface area (Å²) >= 11 is 0. The maximum atomic E-state index is 11.7. The number of piperidine rings is 1. The molecule has 24 heavy (non-hydrogen) atoms. The predicted octanol–water partition coefficient (Wildman–Crippen LogP) is 2.42. The van der Waals surface area contributed by atoms with Crippen molar-refractivity contribution in [1.82, 2.24) is 24.9 Å². The molecular formula is C18H25N5O. The molecule has 128 valence electrons. The quantitative estimate of drug-likeness (QED) is 0.941. The van der Waals surface area contributed by atoms with Gasteiger partial charge in [-0.3, -0.25) is 14.2 Å². The lowest BCUT2D eigenvalue weighted by Gasteiger charge is -2.23. The first kappa shape index (κ1) is 15.4. The predicted molar refractivity (Wildman–Crippen MR) is 90.7 cm³/mol. The molecule has 6 heteroatoms. The molecule has 4 heterocycles. The summed E-state index contributed by atoms with van der Waals surface area (Å²) in [4.78, 5) is 11.7. The standard InChI is InChI=1S/C18H25N5O/c1-12-18(16-7-5-8-17(24)19-16)13(2)23(20-12)11-14-10-15-6-3-4-9-22(15)21-14/h10,16H,3-9,11H2,1-2H3,(H,19,24). The van der Waals surface area contributed by atoms with Crippen molar-refractivity contribution >= 4 is 5.91 Å². The Kier molecular flexibility index (Phi) is 3.90. The minimum atomic E-state index is 0.107. The van der Waals surface area contributed by atoms with Crippen molar-refractivity contribution in [3.63, 3.8) is 0 Å². The number of fused-ring (bicyclic) bond motifs is 1. The van der Waals surface area contributed by atoms with Crippen molar-refractivity contribution in [2.45, 2.75) is 71.5 Å². The number of carbonyl (C=O) groups is 1. The molecule has 1 amide bonds. The average Bonchev–Trinajstić information content (AvgIpc) is 3.08. The molecule has 0 saturated carbocycles. The second-order valence-corrected chi connectivity index (χ2v) is 7.06. The molecule has 6 nitrogen and oxygen atoms in total. The van der Waals surface area contributed by atoms with Gasteiger partial charge in [-0.1, -0.05) is 0 Å². The normalized spacial score (nSPS) is 20.8. The van der Waals surface area contributed by atoms with Crippen LogP contribution in [0, 0.1) is 13.8 Å². The molecule has 1 N–H and O–H groups in total. The monoisotopic (exact) mass is 327 g/mol. The van der Waals surface area contributed by atoms with Gasteiger partial charge in [-0.15, -0.1) is 0 Å². The van der Waals surface area contributed by atoms with Crippen LogP contribution in [-0.2, 0) is 24.3 Å². The highest BCUT2D eigenvalue weighted by atomic mass is 16.1. The van der Waals surface area contributed by atoms with Gasteiger partial charge in [-0.05, 0) is 52.0 Å². The van der Waals surface area contributed by atoms with Crippen LogP contribution in [0.1, 0.15) is 66.5 Å². The zero-order valence-corrected chi connectivity index (χ0v) is 14.5. The summed E-state index contributed by atoms with van der Waals surface area (Å²) in [5.74, 6) is 0.152. The summed E-state index contributed by atoms with van der Waals surface area (Å²) in [6, 6.07) is 2.33. The molecule has 2 aromatic heterocycles. The molecule has 1 fully saturated rings. The Balaban J connectivity index is 1.59. The maximum absolute atomic E-state index is 11.7. The van der Waals surface area contributed by atoms with Gasteiger partial charge in [0.1, 0.15) is 0 Å². The molecule has 0 aromatic carbocycles. The molecule has 2 aliphatic heterocycles. The molecule has 1 atom stereocenters. The van der Waals surface area contributed by atoms with Crippen LogP contribution >= 0.6 is 0 Å². The highest BCUT2D eigenvalue weighted by Gasteiger charge is 2.26. The lowest BCUT2D eigenvalue weighted by Crippen LogP contribution is -2.33. The van der Waals surface area contributed by atoms with Crippen LogP contribution in [-0.4, -0.2) is 25.5 Å². The van der Waals surface area contributed by atoms with E-state index in [1.807, 2.05) is 11.6 Å². The largest absolute Gasteiger partial charge is 0.349 e. The van der Waals surface area contributed by atoms with E-state index in [1.54, 1.807) is 0 Å². The second kappa shape index (κ2) is 6.07. The number of nitrogens with zero attached hydrogens (tertiary/aromatic N) is 4. The van der Waals surface area contributed by atoms with Crippen molar-refractivity contribution < 1.29 is 4.79 Å². The molecule has 1 unspecified atom stereocenters. The number of rotatable bonds is 3. The van der Waals surface area contributed by atoms with E-state index in [1.165, 1.54) is 24.1 Å². The minimum Gasteiger partial charge on any atom is -0.349 e. The van der Waals surface area contributed by atoms with E-state index in [2.05, 4.69) is 23.0 Å². The Morgan fingerprint density at radius 3 is 2.88 bits per heavy atom. The van der Waals surface area contributed by atoms with Crippen LogP contribution < -0.4 is 5.32 Å². The summed E-state index contributed by atoms with van der Waals surface area (Å²) in [7, 11) is 0. The lowest BCUT2D eigenvalue weighted by molar-refractivity contribution is -0.123. The topological polar surface area (TPSA) is 64.7 Å². The minimum absolute atomic E-state index is 0.107. The number of amides is 1. The van der Waals surface area contributed by atoms with Crippen molar-refractivity contribution in [2.24, 2.45) is 0 Å². The fraction of sp³-hybridized carbons (Fsp3) is 0.611. The second-order valence-electron chi connectivity index (χ2n) is 7.06. The molecule has 1 saturated heterocycles. The van der Waals surface area contributed by atoms with Crippen LogP contribution in [0.4, 0.5) is 0 Å². The Hall–Kier alpha value is -2.11. The van der Waals surface area contributed by atoms with Crippen LogP contribution in [0.25, 0.3) is 0 Å². The molecule has 0 radical (unpaired) electrons. The van der Waals surface area contributed by atoms with Gasteiger partial charge in [-0.2, -0.15) is 10.2 Å². The molecule has 2 aliphatic rings. The number of hydrogen-bond acceptors (Lipinski definition) is 3. The van der Waals surface area contributed by atoms with Gasteiger partial charge in [0.2, 0.25) is 5.91 Å². The Morgan fingerprint density at radius 1 is 1.21 bits per heavy atom. The first-order chi connectivity index (χ1) is 11.6. The fourth-order valence-electron chi connectivity index (χ4n) is 4.10. The third kappa shape index (κ3) is 2.74. The van der Waals surface area contributed by atoms with Gasteiger partial charge < -0.3 is 5.32 Å². The average molecular weight is 327 g/mol. The zero-order chi connectivity index (χ0) is 16.7. The Labute approximate surface area is 142 Å². The number of hydrogen-bond donors (Lipinski definition) is 1. The van der Waals surface area contributed by atoms with Gasteiger partial charge >= 0.3 is 0 Å². The molecule has 0 bridgehead atoms. The first-order valence-electron chi connectivity index (χ1n) is 9.00. The highest BCUT2D eigenvalue weighted by Crippen LogP contribution is 2.29. The maximum Gasteiger partial charge on any atom is 0.220 e. The van der Waals surface area contributed by atoms with Crippen molar-refractivity contribution in [1.29, 1.82) is 0 Å². The SMILES string of the molecule is Cc1nn(Cc2cc3n(n2)CCCC3)c(C)c1C1CCCC(=O)N1. The number of aromatic nitrogens is 4. The third-order valence-corrected chi connectivity index (χ3v) is 5.30. The van der Waals surface area contributed by atoms with Crippen LogP contribution in [0.5, 0.6) is 0 Å². The van der Waals surface area contributed by atoms with E-state index in [-0.39, 0.29) is 11.9 Å². The third-order valence-electron chi connectivity index (χ3n) is 5.30. The van der Waals surface area contributed by atoms with Gasteiger partial charge in [0.05, 0.1) is 24.0 Å². The molecule has 4 rings (SSSR count). The summed E-state index contributed by atoms with van der Waals surface area (Å²) < 4.78 is 4.19. The van der Waals surface area contributed by atoms with Gasteiger partial charge in [-0.25, -0.2) is 0 Å². The summed E-state index contributed by atoms with van der Waals surface area (Å²) in [5, 5.41) is 12.6. The highest BCUT2D eigenvalue weighted by molar-refractivity contribution is 5.77. The van der Waals surface area contributed by atoms with Crippen LogP contribution in [0.15, 0.2) is 6.07 Å². The van der Waals surface area contributed by atoms with Crippen LogP contribution in [0.2, 0.25) is 0 Å². The lowest BCUT2D eigenvalue weighted by atomic mass is 9.96. The first-order valence-corrected chi connectivity index (χ1v) is 9.00. The summed E-state index contributed by atoms with van der Waals surface area (Å²) in [6.45, 7) is 5.88. The summed E-state index contributed by atoms with van der Waals surface area (Å²) in [6.07, 6.45) is 6.20. The van der Waals surface area contributed by atoms with Crippen LogP contribution in [0.3, 0.4) is 0 Å². The molecule has 0 spiro atoms. The van der Waals surface area contributed by atoms with Crippen molar-refractivity contribution in [3.05, 3.63) is 34.4 Å². The number of aryl methyl sites for hydroxylation is 3. The Bertz CT molecular complexity index is 749. The van der Waals surface area contributed by atoms with E-state index in [4.69, 9.17) is 10.2 Å². The fourth-order valence-corrected chi connectivity index (χ4v) is 4.10. The van der Waals surface area contributed by atoms with E-state index in [9.17, 15) is 4.79 Å². The zero-order valence-electron chi connectivity index (χ0n) is 14.5. The number of carbonyl (C=O) groups excluding carboxylic acids is 1. The van der Waals surface area contributed by atoms with Gasteiger partial charge in [0.15, 0.2) is 0 Å². The van der Waals surface area contributed by atoms with Gasteiger partial charge in [0.25, 0.3) is 0 Å². The van der Waals surface area contributed by atoms with Gasteiger partial charge in [0, 0.05) is 29.9 Å². The molecule has 0 aliphatic carbocycles. The van der Waals surface area contributed by atoms with E-state index in [0.717, 1.165) is 42.9 Å². The molecular weight excluding hydrogens is 302 g/mol. The van der Waals surface area contributed by atoms with E-state index < -0.39 is 0 Å². The number of nitrogens with one attached hydrogen (secondary N) is 1. The smallest absolute Gasteiger partial charge is 0.220 e. The van der Waals surface area contributed by atoms with E-state index >= 15 is 0 Å². The Morgan fingerprint density at radius 2 is 2.08 bits per heavy atom. The van der Waals surface area contributed by atoms with Crippen molar-refractivity contribution in [2.75, 3.05) is 0 Å².